The molecule has 1 rings (SSSR count). The van der Waals surface area contributed by atoms with Gasteiger partial charge in [0.1, 0.15) is 11.5 Å². The summed E-state index contributed by atoms with van der Waals surface area (Å²) in [6.45, 7) is 10.3. The van der Waals surface area contributed by atoms with Crippen LogP contribution in [0.5, 0.6) is 11.5 Å². The summed E-state index contributed by atoms with van der Waals surface area (Å²) in [5, 5.41) is 3.48. The Labute approximate surface area is 138 Å². The summed E-state index contributed by atoms with van der Waals surface area (Å²) in [7, 11) is 1.65. The zero-order chi connectivity index (χ0) is 15.3. The molecule has 0 aliphatic heterocycles. The fraction of sp³-hybridized carbons (Fsp3) is 0.600. The van der Waals surface area contributed by atoms with Gasteiger partial charge >= 0.3 is 0 Å². The van der Waals surface area contributed by atoms with Gasteiger partial charge in [-0.25, -0.2) is 0 Å². The third kappa shape index (κ3) is 6.02. The second kappa shape index (κ2) is 7.66. The van der Waals surface area contributed by atoms with E-state index in [1.807, 2.05) is 12.1 Å². The van der Waals surface area contributed by atoms with E-state index in [1.54, 1.807) is 7.11 Å². The van der Waals surface area contributed by atoms with E-state index in [0.717, 1.165) is 27.0 Å². The molecule has 0 aromatic heterocycles. The quantitative estimate of drug-likeness (QED) is 0.744. The highest BCUT2D eigenvalue weighted by molar-refractivity contribution is 9.11. The molecule has 0 fully saturated rings. The van der Waals surface area contributed by atoms with Crippen LogP contribution in [0.2, 0.25) is 0 Å². The average molecular weight is 409 g/mol. The van der Waals surface area contributed by atoms with Crippen molar-refractivity contribution in [2.45, 2.75) is 33.2 Å². The third-order valence-corrected chi connectivity index (χ3v) is 3.95. The number of methoxy groups -OCH3 is 1. The Hall–Kier alpha value is -0.260. The van der Waals surface area contributed by atoms with Gasteiger partial charge < -0.3 is 14.8 Å². The molecular weight excluding hydrogens is 386 g/mol. The summed E-state index contributed by atoms with van der Waals surface area (Å²) in [6, 6.07) is 3.82. The van der Waals surface area contributed by atoms with Gasteiger partial charge in [0.05, 0.1) is 22.7 Å². The maximum absolute atomic E-state index is 5.87. The summed E-state index contributed by atoms with van der Waals surface area (Å²) < 4.78 is 12.9. The molecule has 3 nitrogen and oxygen atoms in total. The van der Waals surface area contributed by atoms with Crippen molar-refractivity contribution >= 4 is 31.9 Å². The van der Waals surface area contributed by atoms with Crippen LogP contribution in [0.25, 0.3) is 0 Å². The molecule has 114 valence electrons. The van der Waals surface area contributed by atoms with Crippen LogP contribution in [0.3, 0.4) is 0 Å². The van der Waals surface area contributed by atoms with Gasteiger partial charge in [0.15, 0.2) is 0 Å². The van der Waals surface area contributed by atoms with E-state index < -0.39 is 0 Å². The van der Waals surface area contributed by atoms with Gasteiger partial charge in [0, 0.05) is 18.0 Å². The minimum absolute atomic E-state index is 0.137. The van der Waals surface area contributed by atoms with Gasteiger partial charge in [-0.2, -0.15) is 0 Å². The van der Waals surface area contributed by atoms with Crippen molar-refractivity contribution in [1.82, 2.24) is 5.32 Å². The first kappa shape index (κ1) is 17.8. The van der Waals surface area contributed by atoms with E-state index in [1.165, 1.54) is 0 Å². The molecule has 1 aromatic carbocycles. The van der Waals surface area contributed by atoms with Crippen LogP contribution < -0.4 is 14.8 Å². The summed E-state index contributed by atoms with van der Waals surface area (Å²) in [5.41, 5.74) is 0.137. The fourth-order valence-corrected chi connectivity index (χ4v) is 2.47. The molecule has 0 radical (unpaired) electrons. The normalized spacial score (nSPS) is 13.2. The summed E-state index contributed by atoms with van der Waals surface area (Å²) in [5.74, 6) is 2.04. The van der Waals surface area contributed by atoms with Crippen LogP contribution in [0.1, 0.15) is 27.7 Å². The highest BCUT2D eigenvalue weighted by Gasteiger charge is 2.13. The van der Waals surface area contributed by atoms with Gasteiger partial charge in [-0.05, 0) is 64.8 Å². The Morgan fingerprint density at radius 2 is 1.70 bits per heavy atom. The van der Waals surface area contributed by atoms with Crippen molar-refractivity contribution < 1.29 is 9.47 Å². The maximum Gasteiger partial charge on any atom is 0.134 e. The Kier molecular flexibility index (Phi) is 6.82. The summed E-state index contributed by atoms with van der Waals surface area (Å²) in [6.07, 6.45) is 0. The SMILES string of the molecule is COc1cc(Br)c(OCC(C)CNC(C)(C)C)cc1Br. The van der Waals surface area contributed by atoms with E-state index in [0.29, 0.717) is 12.5 Å². The number of halogens is 2. The number of nitrogens with one attached hydrogen (secondary N) is 1. The van der Waals surface area contributed by atoms with Crippen LogP contribution >= 0.6 is 31.9 Å². The van der Waals surface area contributed by atoms with E-state index >= 15 is 0 Å². The fourth-order valence-electron chi connectivity index (χ4n) is 1.55. The molecule has 20 heavy (non-hydrogen) atoms. The minimum Gasteiger partial charge on any atom is -0.496 e. The number of hydrogen-bond acceptors (Lipinski definition) is 3. The van der Waals surface area contributed by atoms with Gasteiger partial charge in [-0.15, -0.1) is 0 Å². The lowest BCUT2D eigenvalue weighted by Gasteiger charge is -2.23. The Morgan fingerprint density at radius 1 is 1.15 bits per heavy atom. The topological polar surface area (TPSA) is 30.5 Å². The maximum atomic E-state index is 5.87. The molecule has 0 bridgehead atoms. The minimum atomic E-state index is 0.137. The highest BCUT2D eigenvalue weighted by Crippen LogP contribution is 2.36. The van der Waals surface area contributed by atoms with Crippen molar-refractivity contribution in [3.63, 3.8) is 0 Å². The lowest BCUT2D eigenvalue weighted by Crippen LogP contribution is -2.39. The molecule has 0 spiro atoms. The van der Waals surface area contributed by atoms with Gasteiger partial charge in [-0.1, -0.05) is 6.92 Å². The molecular formula is C15H23Br2NO2. The summed E-state index contributed by atoms with van der Waals surface area (Å²) >= 11 is 6.97. The molecule has 0 aliphatic carbocycles. The van der Waals surface area contributed by atoms with Crippen LogP contribution in [0.4, 0.5) is 0 Å². The van der Waals surface area contributed by atoms with E-state index in [2.05, 4.69) is 64.9 Å². The number of hydrogen-bond donors (Lipinski definition) is 1. The predicted octanol–water partition coefficient (Wildman–Crippen LogP) is 4.62. The molecule has 0 heterocycles. The van der Waals surface area contributed by atoms with Crippen molar-refractivity contribution in [2.75, 3.05) is 20.3 Å². The van der Waals surface area contributed by atoms with E-state index in [4.69, 9.17) is 9.47 Å². The van der Waals surface area contributed by atoms with E-state index in [-0.39, 0.29) is 5.54 Å². The van der Waals surface area contributed by atoms with Crippen molar-refractivity contribution in [3.8, 4) is 11.5 Å². The van der Waals surface area contributed by atoms with Crippen LogP contribution in [-0.2, 0) is 0 Å². The van der Waals surface area contributed by atoms with Crippen molar-refractivity contribution in [2.24, 2.45) is 5.92 Å². The third-order valence-electron chi connectivity index (χ3n) is 2.71. The monoisotopic (exact) mass is 407 g/mol. The van der Waals surface area contributed by atoms with Crippen molar-refractivity contribution in [1.29, 1.82) is 0 Å². The number of ether oxygens (including phenoxy) is 2. The smallest absolute Gasteiger partial charge is 0.134 e. The van der Waals surface area contributed by atoms with Gasteiger partial charge in [-0.3, -0.25) is 0 Å². The molecule has 1 atom stereocenters. The molecule has 1 aromatic rings. The van der Waals surface area contributed by atoms with Crippen LogP contribution in [0.15, 0.2) is 21.1 Å². The lowest BCUT2D eigenvalue weighted by molar-refractivity contribution is 0.242. The first-order chi connectivity index (χ1) is 9.23. The molecule has 0 amide bonds. The van der Waals surface area contributed by atoms with Gasteiger partial charge in [0.2, 0.25) is 0 Å². The first-order valence-corrected chi connectivity index (χ1v) is 8.22. The Morgan fingerprint density at radius 3 is 2.25 bits per heavy atom. The van der Waals surface area contributed by atoms with Crippen LogP contribution in [-0.4, -0.2) is 25.8 Å². The second-order valence-electron chi connectivity index (χ2n) is 5.96. The molecule has 0 saturated carbocycles. The molecule has 0 aliphatic rings. The molecule has 5 heteroatoms. The van der Waals surface area contributed by atoms with Gasteiger partial charge in [0.25, 0.3) is 0 Å². The standard InChI is InChI=1S/C15H23Br2NO2/c1-10(8-18-15(2,3)4)9-20-14-7-11(16)13(19-5)6-12(14)17/h6-7,10,18H,8-9H2,1-5H3. The van der Waals surface area contributed by atoms with Crippen molar-refractivity contribution in [3.05, 3.63) is 21.1 Å². The largest absolute Gasteiger partial charge is 0.496 e. The first-order valence-electron chi connectivity index (χ1n) is 6.64. The predicted molar refractivity (Wildman–Crippen MR) is 90.8 cm³/mol. The van der Waals surface area contributed by atoms with E-state index in [9.17, 15) is 0 Å². The average Bonchev–Trinajstić information content (AvgIpc) is 2.36. The zero-order valence-electron chi connectivity index (χ0n) is 12.7. The molecule has 1 N–H and O–H groups in total. The Bertz CT molecular complexity index is 444. The lowest BCUT2D eigenvalue weighted by atomic mass is 10.1. The number of benzene rings is 1. The molecule has 1 unspecified atom stereocenters. The molecule has 0 saturated heterocycles. The Balaban J connectivity index is 2.55. The number of rotatable bonds is 6. The van der Waals surface area contributed by atoms with Crippen LogP contribution in [0, 0.1) is 5.92 Å². The second-order valence-corrected chi connectivity index (χ2v) is 7.67. The highest BCUT2D eigenvalue weighted by atomic mass is 79.9. The summed E-state index contributed by atoms with van der Waals surface area (Å²) in [4.78, 5) is 0. The zero-order valence-corrected chi connectivity index (χ0v) is 15.9.